The van der Waals surface area contributed by atoms with E-state index in [1.165, 1.54) is 12.8 Å². The van der Waals surface area contributed by atoms with Crippen LogP contribution in [0.15, 0.2) is 24.4 Å². The van der Waals surface area contributed by atoms with E-state index in [0.717, 1.165) is 42.8 Å². The molecule has 112 valence electrons. The van der Waals surface area contributed by atoms with Crippen LogP contribution in [-0.4, -0.2) is 43.9 Å². The second kappa shape index (κ2) is 5.77. The molecule has 1 aromatic carbocycles. The molecule has 0 atom stereocenters. The topological polar surface area (TPSA) is 43.7 Å². The number of methoxy groups -OCH3 is 1. The van der Waals surface area contributed by atoms with Gasteiger partial charge in [0.1, 0.15) is 0 Å². The lowest BCUT2D eigenvalue weighted by Gasteiger charge is -2.29. The summed E-state index contributed by atoms with van der Waals surface area (Å²) in [4.78, 5) is 13.8. The summed E-state index contributed by atoms with van der Waals surface area (Å²) in [5, 5.41) is 1.11. The first-order valence-corrected chi connectivity index (χ1v) is 7.16. The highest BCUT2D eigenvalue weighted by molar-refractivity contribution is 5.90. The molecule has 0 bridgehead atoms. The zero-order valence-electron chi connectivity index (χ0n) is 12.5. The Morgan fingerprint density at radius 2 is 2.10 bits per heavy atom. The molecular weight excluding hydrogens is 268 g/mol. The second-order valence-electron chi connectivity index (χ2n) is 5.32. The molecule has 0 amide bonds. The normalized spacial score (nSPS) is 15.4. The Labute approximate surface area is 124 Å². The summed E-state index contributed by atoms with van der Waals surface area (Å²) in [6.45, 7) is 3.40. The first-order chi connectivity index (χ1) is 10.2. The van der Waals surface area contributed by atoms with Gasteiger partial charge in [-0.25, -0.2) is 0 Å². The van der Waals surface area contributed by atoms with Crippen LogP contribution in [-0.2, 0) is 27.7 Å². The average molecular weight is 288 g/mol. The van der Waals surface area contributed by atoms with Gasteiger partial charge in [-0.3, -0.25) is 4.79 Å². The average Bonchev–Trinajstić information content (AvgIpc) is 2.84. The Hall–Kier alpha value is -2.01. The SMILES string of the molecule is COC(=O)Cc1cn(C)c2cc(N3CCOCC3)ccc12. The van der Waals surface area contributed by atoms with E-state index in [4.69, 9.17) is 9.47 Å². The number of hydrogen-bond acceptors (Lipinski definition) is 4. The van der Waals surface area contributed by atoms with Crippen molar-refractivity contribution in [2.24, 2.45) is 7.05 Å². The van der Waals surface area contributed by atoms with Crippen molar-refractivity contribution in [1.29, 1.82) is 0 Å². The Morgan fingerprint density at radius 1 is 1.33 bits per heavy atom. The van der Waals surface area contributed by atoms with Gasteiger partial charge in [0.15, 0.2) is 0 Å². The van der Waals surface area contributed by atoms with E-state index in [9.17, 15) is 4.79 Å². The van der Waals surface area contributed by atoms with Gasteiger partial charge < -0.3 is 18.9 Å². The number of carbonyl (C=O) groups excluding carboxylic acids is 1. The van der Waals surface area contributed by atoms with Crippen LogP contribution in [0.2, 0.25) is 0 Å². The molecule has 21 heavy (non-hydrogen) atoms. The minimum atomic E-state index is -0.209. The number of anilines is 1. The minimum absolute atomic E-state index is 0.209. The number of carbonyl (C=O) groups is 1. The van der Waals surface area contributed by atoms with Gasteiger partial charge in [-0.1, -0.05) is 6.07 Å². The van der Waals surface area contributed by atoms with E-state index in [-0.39, 0.29) is 5.97 Å². The molecule has 0 unspecified atom stereocenters. The van der Waals surface area contributed by atoms with Crippen LogP contribution in [0.4, 0.5) is 5.69 Å². The maximum Gasteiger partial charge on any atom is 0.310 e. The number of ether oxygens (including phenoxy) is 2. The summed E-state index contributed by atoms with van der Waals surface area (Å²) < 4.78 is 12.2. The predicted molar refractivity (Wildman–Crippen MR) is 81.7 cm³/mol. The van der Waals surface area contributed by atoms with Crippen molar-refractivity contribution >= 4 is 22.6 Å². The van der Waals surface area contributed by atoms with Gasteiger partial charge >= 0.3 is 5.97 Å². The first-order valence-electron chi connectivity index (χ1n) is 7.16. The van der Waals surface area contributed by atoms with Crippen LogP contribution < -0.4 is 4.90 Å². The molecule has 0 N–H and O–H groups in total. The van der Waals surface area contributed by atoms with Crippen molar-refractivity contribution < 1.29 is 14.3 Å². The monoisotopic (exact) mass is 288 g/mol. The number of nitrogens with zero attached hydrogens (tertiary/aromatic N) is 2. The molecule has 1 aliphatic rings. The number of morpholine rings is 1. The van der Waals surface area contributed by atoms with Gasteiger partial charge in [0.25, 0.3) is 0 Å². The first kappa shape index (κ1) is 13.9. The van der Waals surface area contributed by atoms with Gasteiger partial charge in [0, 0.05) is 37.4 Å². The Morgan fingerprint density at radius 3 is 2.81 bits per heavy atom. The Bertz CT molecular complexity index is 657. The second-order valence-corrected chi connectivity index (χ2v) is 5.32. The van der Waals surface area contributed by atoms with Crippen molar-refractivity contribution in [3.63, 3.8) is 0 Å². The highest BCUT2D eigenvalue weighted by Gasteiger charge is 2.15. The maximum atomic E-state index is 11.5. The molecule has 3 rings (SSSR count). The molecule has 1 aromatic heterocycles. The molecule has 1 aliphatic heterocycles. The number of fused-ring (bicyclic) bond motifs is 1. The summed E-state index contributed by atoms with van der Waals surface area (Å²) in [7, 11) is 3.43. The van der Waals surface area contributed by atoms with Gasteiger partial charge in [-0.05, 0) is 17.7 Å². The molecule has 2 heterocycles. The van der Waals surface area contributed by atoms with E-state index in [1.54, 1.807) is 0 Å². The number of benzene rings is 1. The summed E-state index contributed by atoms with van der Waals surface area (Å²) in [5.74, 6) is -0.209. The lowest BCUT2D eigenvalue weighted by Crippen LogP contribution is -2.36. The fourth-order valence-corrected chi connectivity index (χ4v) is 2.84. The number of rotatable bonds is 3. The molecule has 5 heteroatoms. The Kier molecular flexibility index (Phi) is 3.84. The van der Waals surface area contributed by atoms with Gasteiger partial charge in [-0.2, -0.15) is 0 Å². The fourth-order valence-electron chi connectivity index (χ4n) is 2.84. The molecule has 1 fully saturated rings. The zero-order chi connectivity index (χ0) is 14.8. The molecule has 0 saturated carbocycles. The van der Waals surface area contributed by atoms with E-state index in [1.807, 2.05) is 13.2 Å². The smallest absolute Gasteiger partial charge is 0.310 e. The van der Waals surface area contributed by atoms with Gasteiger partial charge in [-0.15, -0.1) is 0 Å². The van der Waals surface area contributed by atoms with Crippen LogP contribution in [0, 0.1) is 0 Å². The number of esters is 1. The lowest BCUT2D eigenvalue weighted by molar-refractivity contribution is -0.139. The summed E-state index contributed by atoms with van der Waals surface area (Å²) in [5.41, 5.74) is 3.35. The van der Waals surface area contributed by atoms with Crippen LogP contribution in [0.3, 0.4) is 0 Å². The van der Waals surface area contributed by atoms with E-state index in [0.29, 0.717) is 6.42 Å². The quantitative estimate of drug-likeness (QED) is 0.807. The third-order valence-electron chi connectivity index (χ3n) is 4.00. The third-order valence-corrected chi connectivity index (χ3v) is 4.00. The maximum absolute atomic E-state index is 11.5. The summed E-state index contributed by atoms with van der Waals surface area (Å²) in [6, 6.07) is 6.40. The van der Waals surface area contributed by atoms with Crippen molar-refractivity contribution in [3.8, 4) is 0 Å². The predicted octanol–water partition coefficient (Wildman–Crippen LogP) is 1.73. The van der Waals surface area contributed by atoms with Crippen LogP contribution in [0.1, 0.15) is 5.56 Å². The van der Waals surface area contributed by atoms with Crippen molar-refractivity contribution in [2.75, 3.05) is 38.3 Å². The van der Waals surface area contributed by atoms with E-state index < -0.39 is 0 Å². The Balaban J connectivity index is 1.94. The molecule has 0 radical (unpaired) electrons. The minimum Gasteiger partial charge on any atom is -0.469 e. The number of aryl methyl sites for hydroxylation is 1. The molecule has 2 aromatic rings. The highest BCUT2D eigenvalue weighted by Crippen LogP contribution is 2.27. The van der Waals surface area contributed by atoms with E-state index in [2.05, 4.69) is 27.7 Å². The molecule has 0 spiro atoms. The number of hydrogen-bond donors (Lipinski definition) is 0. The van der Waals surface area contributed by atoms with Crippen LogP contribution in [0.25, 0.3) is 10.9 Å². The molecular formula is C16H20N2O3. The van der Waals surface area contributed by atoms with Crippen LogP contribution in [0.5, 0.6) is 0 Å². The summed E-state index contributed by atoms with van der Waals surface area (Å²) >= 11 is 0. The van der Waals surface area contributed by atoms with Crippen molar-refractivity contribution in [2.45, 2.75) is 6.42 Å². The highest BCUT2D eigenvalue weighted by atomic mass is 16.5. The third kappa shape index (κ3) is 2.74. The zero-order valence-corrected chi connectivity index (χ0v) is 12.5. The number of aromatic nitrogens is 1. The van der Waals surface area contributed by atoms with Crippen LogP contribution >= 0.6 is 0 Å². The lowest BCUT2D eigenvalue weighted by atomic mass is 10.1. The van der Waals surface area contributed by atoms with Crippen molar-refractivity contribution in [3.05, 3.63) is 30.0 Å². The molecule has 5 nitrogen and oxygen atoms in total. The largest absolute Gasteiger partial charge is 0.469 e. The summed E-state index contributed by atoms with van der Waals surface area (Å²) in [6.07, 6.45) is 2.31. The standard InChI is InChI=1S/C16H20N2O3/c1-17-11-12(9-16(19)20-2)14-4-3-13(10-15(14)17)18-5-7-21-8-6-18/h3-4,10-11H,5-9H2,1-2H3. The molecule has 0 aliphatic carbocycles. The molecule has 1 saturated heterocycles. The van der Waals surface area contributed by atoms with E-state index >= 15 is 0 Å². The van der Waals surface area contributed by atoms with Gasteiger partial charge in [0.05, 0.1) is 32.3 Å². The van der Waals surface area contributed by atoms with Gasteiger partial charge in [0.2, 0.25) is 0 Å². The van der Waals surface area contributed by atoms with Crippen molar-refractivity contribution in [1.82, 2.24) is 4.57 Å². The fraction of sp³-hybridized carbons (Fsp3) is 0.438.